The summed E-state index contributed by atoms with van der Waals surface area (Å²) in [4.78, 5) is 8.51. The molecule has 3 aromatic rings. The van der Waals surface area contributed by atoms with Gasteiger partial charge in [0.05, 0.1) is 20.8 Å². The van der Waals surface area contributed by atoms with Gasteiger partial charge in [-0.15, -0.1) is 24.0 Å². The van der Waals surface area contributed by atoms with Crippen LogP contribution in [0.25, 0.3) is 0 Å². The molecule has 9 heteroatoms. The first-order chi connectivity index (χ1) is 14.6. The van der Waals surface area contributed by atoms with Crippen LogP contribution in [0.3, 0.4) is 0 Å². The van der Waals surface area contributed by atoms with Gasteiger partial charge >= 0.3 is 0 Å². The third kappa shape index (κ3) is 7.28. The number of rotatable bonds is 8. The first-order valence-corrected chi connectivity index (χ1v) is 9.20. The van der Waals surface area contributed by atoms with Gasteiger partial charge in [0.1, 0.15) is 11.6 Å². The highest BCUT2D eigenvalue weighted by molar-refractivity contribution is 14.0. The maximum absolute atomic E-state index is 13.0. The molecule has 0 aliphatic heterocycles. The SMILES string of the molecule is COc1ccc(CN=C(N)NCc2ccnc(Oc3ccc(F)cc3)c2)cc1OC.I. The van der Waals surface area contributed by atoms with Gasteiger partial charge in [-0.1, -0.05) is 6.07 Å². The molecule has 0 fully saturated rings. The summed E-state index contributed by atoms with van der Waals surface area (Å²) in [6, 6.07) is 14.9. The number of nitrogens with two attached hydrogens (primary N) is 1. The molecule has 0 atom stereocenters. The summed E-state index contributed by atoms with van der Waals surface area (Å²) in [5.74, 6) is 2.19. The average molecular weight is 538 g/mol. The van der Waals surface area contributed by atoms with E-state index >= 15 is 0 Å². The zero-order chi connectivity index (χ0) is 21.3. The highest BCUT2D eigenvalue weighted by atomic mass is 127. The van der Waals surface area contributed by atoms with Crippen LogP contribution in [0, 0.1) is 5.82 Å². The number of benzene rings is 2. The van der Waals surface area contributed by atoms with Crippen molar-refractivity contribution in [2.24, 2.45) is 10.7 Å². The number of halogens is 2. The average Bonchev–Trinajstić information content (AvgIpc) is 2.78. The lowest BCUT2D eigenvalue weighted by Crippen LogP contribution is -2.31. The van der Waals surface area contributed by atoms with Crippen LogP contribution in [0.15, 0.2) is 65.8 Å². The Bertz CT molecular complexity index is 1020. The van der Waals surface area contributed by atoms with E-state index in [0.29, 0.717) is 42.2 Å². The van der Waals surface area contributed by atoms with Crippen molar-refractivity contribution in [1.82, 2.24) is 10.3 Å². The number of nitrogens with zero attached hydrogens (tertiary/aromatic N) is 2. The normalized spacial score (nSPS) is 10.7. The van der Waals surface area contributed by atoms with E-state index in [9.17, 15) is 4.39 Å². The first kappa shape index (κ1) is 24.2. The number of ether oxygens (including phenoxy) is 3. The Morgan fingerprint density at radius 3 is 2.45 bits per heavy atom. The predicted octanol–water partition coefficient (Wildman–Crippen LogP) is 4.25. The summed E-state index contributed by atoms with van der Waals surface area (Å²) in [6.45, 7) is 0.845. The number of methoxy groups -OCH3 is 2. The fraction of sp³-hybridized carbons (Fsp3) is 0.182. The van der Waals surface area contributed by atoms with Crippen molar-refractivity contribution < 1.29 is 18.6 Å². The van der Waals surface area contributed by atoms with Crippen molar-refractivity contribution in [2.75, 3.05) is 14.2 Å². The van der Waals surface area contributed by atoms with Gasteiger partial charge in [0.25, 0.3) is 0 Å². The standard InChI is InChI=1S/C22H23FN4O3.HI/c1-28-19-8-3-15(11-20(19)29-2)13-26-22(24)27-14-16-9-10-25-21(12-16)30-18-6-4-17(23)5-7-18;/h3-12H,13-14H2,1-2H3,(H3,24,26,27);1H. The molecule has 31 heavy (non-hydrogen) atoms. The Morgan fingerprint density at radius 2 is 1.74 bits per heavy atom. The van der Waals surface area contributed by atoms with E-state index in [1.54, 1.807) is 38.6 Å². The summed E-state index contributed by atoms with van der Waals surface area (Å²) in [5, 5.41) is 3.06. The Morgan fingerprint density at radius 1 is 1.00 bits per heavy atom. The Hall–Kier alpha value is -3.08. The number of pyridine rings is 1. The predicted molar refractivity (Wildman–Crippen MR) is 128 cm³/mol. The molecule has 0 amide bonds. The first-order valence-electron chi connectivity index (χ1n) is 9.20. The van der Waals surface area contributed by atoms with Crippen molar-refractivity contribution in [3.05, 3.63) is 77.7 Å². The van der Waals surface area contributed by atoms with Crippen LogP contribution >= 0.6 is 24.0 Å². The van der Waals surface area contributed by atoms with Gasteiger partial charge in [-0.05, 0) is 53.6 Å². The lowest BCUT2D eigenvalue weighted by molar-refractivity contribution is 0.354. The highest BCUT2D eigenvalue weighted by Crippen LogP contribution is 2.27. The minimum atomic E-state index is -0.323. The molecule has 0 radical (unpaired) electrons. The van der Waals surface area contributed by atoms with Gasteiger partial charge in [-0.25, -0.2) is 14.4 Å². The summed E-state index contributed by atoms with van der Waals surface area (Å²) < 4.78 is 29.2. The maximum atomic E-state index is 13.0. The van der Waals surface area contributed by atoms with E-state index in [1.807, 2.05) is 24.3 Å². The number of nitrogens with one attached hydrogen (secondary N) is 1. The van der Waals surface area contributed by atoms with Gasteiger partial charge < -0.3 is 25.3 Å². The van der Waals surface area contributed by atoms with Crippen molar-refractivity contribution >= 4 is 29.9 Å². The molecule has 0 unspecified atom stereocenters. The highest BCUT2D eigenvalue weighted by Gasteiger charge is 2.05. The third-order valence-electron chi connectivity index (χ3n) is 4.19. The van der Waals surface area contributed by atoms with Crippen LogP contribution in [0.2, 0.25) is 0 Å². The Balaban J connectivity index is 0.00000341. The molecule has 1 aromatic heterocycles. The number of guanidine groups is 1. The second-order valence-corrected chi connectivity index (χ2v) is 6.30. The van der Waals surface area contributed by atoms with Gasteiger partial charge in [-0.2, -0.15) is 0 Å². The number of hydrogen-bond donors (Lipinski definition) is 2. The summed E-state index contributed by atoms with van der Waals surface area (Å²) in [6.07, 6.45) is 1.63. The zero-order valence-electron chi connectivity index (χ0n) is 17.2. The Labute approximate surface area is 197 Å². The molecular weight excluding hydrogens is 514 g/mol. The molecule has 0 spiro atoms. The fourth-order valence-electron chi connectivity index (χ4n) is 2.64. The summed E-state index contributed by atoms with van der Waals surface area (Å²) in [7, 11) is 3.18. The monoisotopic (exact) mass is 538 g/mol. The topological polar surface area (TPSA) is 91.0 Å². The second kappa shape index (κ2) is 11.9. The van der Waals surface area contributed by atoms with E-state index in [-0.39, 0.29) is 29.8 Å². The van der Waals surface area contributed by atoms with Crippen molar-refractivity contribution in [1.29, 1.82) is 0 Å². The minimum Gasteiger partial charge on any atom is -0.493 e. The summed E-state index contributed by atoms with van der Waals surface area (Å²) in [5.41, 5.74) is 7.82. The van der Waals surface area contributed by atoms with Gasteiger partial charge in [-0.3, -0.25) is 0 Å². The van der Waals surface area contributed by atoms with E-state index in [1.165, 1.54) is 12.1 Å². The van der Waals surface area contributed by atoms with Crippen LogP contribution in [0.1, 0.15) is 11.1 Å². The molecule has 7 nitrogen and oxygen atoms in total. The molecule has 1 heterocycles. The van der Waals surface area contributed by atoms with Gasteiger partial charge in [0, 0.05) is 18.8 Å². The van der Waals surface area contributed by atoms with Gasteiger partial charge in [0.2, 0.25) is 5.88 Å². The Kier molecular flexibility index (Phi) is 9.32. The van der Waals surface area contributed by atoms with Crippen LogP contribution in [-0.4, -0.2) is 25.2 Å². The van der Waals surface area contributed by atoms with Crippen LogP contribution < -0.4 is 25.3 Å². The number of aliphatic imine (C=N–C) groups is 1. The van der Waals surface area contributed by atoms with E-state index in [2.05, 4.69) is 15.3 Å². The molecule has 3 rings (SSSR count). The van der Waals surface area contributed by atoms with E-state index < -0.39 is 0 Å². The van der Waals surface area contributed by atoms with Crippen molar-refractivity contribution in [2.45, 2.75) is 13.1 Å². The number of hydrogen-bond acceptors (Lipinski definition) is 5. The van der Waals surface area contributed by atoms with Crippen molar-refractivity contribution in [3.8, 4) is 23.1 Å². The molecular formula is C22H24FIN4O3. The largest absolute Gasteiger partial charge is 0.493 e. The molecule has 0 bridgehead atoms. The van der Waals surface area contributed by atoms with Crippen LogP contribution in [-0.2, 0) is 13.1 Å². The van der Waals surface area contributed by atoms with Crippen LogP contribution in [0.5, 0.6) is 23.1 Å². The maximum Gasteiger partial charge on any atom is 0.219 e. The lowest BCUT2D eigenvalue weighted by Gasteiger charge is -2.10. The van der Waals surface area contributed by atoms with Crippen LogP contribution in [0.4, 0.5) is 4.39 Å². The second-order valence-electron chi connectivity index (χ2n) is 6.30. The quantitative estimate of drug-likeness (QED) is 0.253. The smallest absolute Gasteiger partial charge is 0.219 e. The van der Waals surface area contributed by atoms with Gasteiger partial charge in [0.15, 0.2) is 17.5 Å². The fourth-order valence-corrected chi connectivity index (χ4v) is 2.64. The van der Waals surface area contributed by atoms with E-state index in [4.69, 9.17) is 19.9 Å². The molecule has 164 valence electrons. The molecule has 0 saturated carbocycles. The molecule has 2 aromatic carbocycles. The zero-order valence-corrected chi connectivity index (χ0v) is 19.5. The summed E-state index contributed by atoms with van der Waals surface area (Å²) >= 11 is 0. The third-order valence-corrected chi connectivity index (χ3v) is 4.19. The molecule has 0 aliphatic carbocycles. The van der Waals surface area contributed by atoms with Crippen molar-refractivity contribution in [3.63, 3.8) is 0 Å². The molecule has 3 N–H and O–H groups in total. The molecule has 0 saturated heterocycles. The molecule has 0 aliphatic rings. The lowest BCUT2D eigenvalue weighted by atomic mass is 10.2. The van der Waals surface area contributed by atoms with E-state index in [0.717, 1.165) is 11.1 Å². The number of aromatic nitrogens is 1. The minimum absolute atomic E-state index is 0.